The lowest BCUT2D eigenvalue weighted by molar-refractivity contribution is 0.229. The Morgan fingerprint density at radius 1 is 1.29 bits per heavy atom. The third-order valence-electron chi connectivity index (χ3n) is 3.62. The smallest absolute Gasteiger partial charge is 0.0584 e. The Kier molecular flexibility index (Phi) is 4.57. The van der Waals surface area contributed by atoms with Crippen LogP contribution < -0.4 is 5.32 Å². The standard InChI is InChI=1S/C15H23NO/c1-12(14-5-3-2-4-6-14)9-15(11-17)16-10-13-7-8-13/h2-6,12-13,15-17H,7-11H2,1H3. The van der Waals surface area contributed by atoms with Crippen LogP contribution in [0.1, 0.15) is 37.7 Å². The van der Waals surface area contributed by atoms with Crippen LogP contribution in [-0.2, 0) is 0 Å². The molecule has 0 aromatic heterocycles. The second-order valence-corrected chi connectivity index (χ2v) is 5.28. The monoisotopic (exact) mass is 233 g/mol. The predicted molar refractivity (Wildman–Crippen MR) is 71.1 cm³/mol. The summed E-state index contributed by atoms with van der Waals surface area (Å²) in [6, 6.07) is 10.8. The summed E-state index contributed by atoms with van der Waals surface area (Å²) < 4.78 is 0. The third kappa shape index (κ3) is 4.14. The molecule has 1 aliphatic rings. The number of hydrogen-bond acceptors (Lipinski definition) is 2. The minimum absolute atomic E-state index is 0.240. The zero-order valence-electron chi connectivity index (χ0n) is 10.6. The van der Waals surface area contributed by atoms with Crippen LogP contribution in [0.5, 0.6) is 0 Å². The summed E-state index contributed by atoms with van der Waals surface area (Å²) in [5.41, 5.74) is 1.36. The molecular weight excluding hydrogens is 210 g/mol. The predicted octanol–water partition coefficient (Wildman–Crippen LogP) is 2.54. The van der Waals surface area contributed by atoms with Crippen LogP contribution in [0.15, 0.2) is 30.3 Å². The maximum Gasteiger partial charge on any atom is 0.0584 e. The van der Waals surface area contributed by atoms with Gasteiger partial charge in [0.25, 0.3) is 0 Å². The van der Waals surface area contributed by atoms with Crippen molar-refractivity contribution in [2.75, 3.05) is 13.2 Å². The number of aliphatic hydroxyl groups is 1. The largest absolute Gasteiger partial charge is 0.395 e. The van der Waals surface area contributed by atoms with Gasteiger partial charge < -0.3 is 10.4 Å². The molecule has 2 atom stereocenters. The van der Waals surface area contributed by atoms with Crippen LogP contribution in [0.3, 0.4) is 0 Å². The van der Waals surface area contributed by atoms with E-state index in [9.17, 15) is 5.11 Å². The molecular formula is C15H23NO. The van der Waals surface area contributed by atoms with Crippen molar-refractivity contribution in [3.05, 3.63) is 35.9 Å². The molecule has 0 spiro atoms. The summed E-state index contributed by atoms with van der Waals surface area (Å²) in [7, 11) is 0. The Labute approximate surface area is 104 Å². The fourth-order valence-corrected chi connectivity index (χ4v) is 2.22. The van der Waals surface area contributed by atoms with Gasteiger partial charge in [0.1, 0.15) is 0 Å². The van der Waals surface area contributed by atoms with Crippen LogP contribution in [0.4, 0.5) is 0 Å². The first-order valence-electron chi connectivity index (χ1n) is 6.68. The van der Waals surface area contributed by atoms with E-state index in [2.05, 4.69) is 36.5 Å². The van der Waals surface area contributed by atoms with Crippen molar-refractivity contribution < 1.29 is 5.11 Å². The maximum atomic E-state index is 9.39. The van der Waals surface area contributed by atoms with Gasteiger partial charge in [-0.25, -0.2) is 0 Å². The molecule has 1 aromatic rings. The molecule has 0 aliphatic heterocycles. The highest BCUT2D eigenvalue weighted by Gasteiger charge is 2.22. The first-order valence-corrected chi connectivity index (χ1v) is 6.68. The fraction of sp³-hybridized carbons (Fsp3) is 0.600. The van der Waals surface area contributed by atoms with E-state index in [4.69, 9.17) is 0 Å². The number of rotatable bonds is 7. The van der Waals surface area contributed by atoms with Crippen LogP contribution in [-0.4, -0.2) is 24.3 Å². The number of aliphatic hydroxyl groups excluding tert-OH is 1. The van der Waals surface area contributed by atoms with Crippen molar-refractivity contribution >= 4 is 0 Å². The normalized spacial score (nSPS) is 18.9. The van der Waals surface area contributed by atoms with Gasteiger partial charge in [0.15, 0.2) is 0 Å². The Hall–Kier alpha value is -0.860. The first-order chi connectivity index (χ1) is 8.29. The van der Waals surface area contributed by atoms with E-state index in [1.807, 2.05) is 6.07 Å². The van der Waals surface area contributed by atoms with Crippen molar-refractivity contribution in [1.82, 2.24) is 5.32 Å². The van der Waals surface area contributed by atoms with Crippen molar-refractivity contribution in [3.8, 4) is 0 Å². The number of benzene rings is 1. The van der Waals surface area contributed by atoms with Gasteiger partial charge in [-0.2, -0.15) is 0 Å². The lowest BCUT2D eigenvalue weighted by Gasteiger charge is -2.20. The molecule has 0 amide bonds. The van der Waals surface area contributed by atoms with Crippen molar-refractivity contribution in [2.45, 2.75) is 38.1 Å². The zero-order valence-corrected chi connectivity index (χ0v) is 10.6. The summed E-state index contributed by atoms with van der Waals surface area (Å²) in [6.07, 6.45) is 3.73. The van der Waals surface area contributed by atoms with Gasteiger partial charge in [0.2, 0.25) is 0 Å². The average Bonchev–Trinajstić information content (AvgIpc) is 3.19. The van der Waals surface area contributed by atoms with Gasteiger partial charge in [-0.3, -0.25) is 0 Å². The first kappa shape index (κ1) is 12.6. The molecule has 1 fully saturated rings. The van der Waals surface area contributed by atoms with Gasteiger partial charge in [-0.1, -0.05) is 37.3 Å². The van der Waals surface area contributed by atoms with E-state index < -0.39 is 0 Å². The van der Waals surface area contributed by atoms with Crippen molar-refractivity contribution in [3.63, 3.8) is 0 Å². The molecule has 17 heavy (non-hydrogen) atoms. The highest BCUT2D eigenvalue weighted by atomic mass is 16.3. The van der Waals surface area contributed by atoms with Gasteiger partial charge in [0, 0.05) is 6.04 Å². The van der Waals surface area contributed by atoms with E-state index in [0.717, 1.165) is 18.9 Å². The van der Waals surface area contributed by atoms with Crippen LogP contribution in [0.25, 0.3) is 0 Å². The lowest BCUT2D eigenvalue weighted by Crippen LogP contribution is -2.35. The molecule has 2 N–H and O–H groups in total. The van der Waals surface area contributed by atoms with Gasteiger partial charge in [-0.05, 0) is 43.2 Å². The zero-order chi connectivity index (χ0) is 12.1. The van der Waals surface area contributed by atoms with Crippen molar-refractivity contribution in [2.24, 2.45) is 5.92 Å². The second-order valence-electron chi connectivity index (χ2n) is 5.28. The number of hydrogen-bond donors (Lipinski definition) is 2. The Morgan fingerprint density at radius 3 is 2.59 bits per heavy atom. The molecule has 94 valence electrons. The van der Waals surface area contributed by atoms with Crippen molar-refractivity contribution in [1.29, 1.82) is 0 Å². The molecule has 0 heterocycles. The molecule has 0 bridgehead atoms. The average molecular weight is 233 g/mol. The SMILES string of the molecule is CC(CC(CO)NCC1CC1)c1ccccc1. The quantitative estimate of drug-likeness (QED) is 0.758. The van der Waals surface area contributed by atoms with E-state index >= 15 is 0 Å². The minimum Gasteiger partial charge on any atom is -0.395 e. The summed E-state index contributed by atoms with van der Waals surface area (Å²) in [4.78, 5) is 0. The summed E-state index contributed by atoms with van der Waals surface area (Å²) in [5, 5.41) is 12.9. The topological polar surface area (TPSA) is 32.3 Å². The lowest BCUT2D eigenvalue weighted by atomic mass is 9.94. The van der Waals surface area contributed by atoms with Crippen LogP contribution in [0, 0.1) is 5.92 Å². The molecule has 0 saturated heterocycles. The Bertz CT molecular complexity index is 321. The number of nitrogens with one attached hydrogen (secondary N) is 1. The van der Waals surface area contributed by atoms with Crippen LogP contribution >= 0.6 is 0 Å². The van der Waals surface area contributed by atoms with Gasteiger partial charge >= 0.3 is 0 Å². The van der Waals surface area contributed by atoms with E-state index in [-0.39, 0.29) is 12.6 Å². The molecule has 1 aromatic carbocycles. The summed E-state index contributed by atoms with van der Waals surface area (Å²) >= 11 is 0. The third-order valence-corrected chi connectivity index (χ3v) is 3.62. The Balaban J connectivity index is 1.80. The van der Waals surface area contributed by atoms with Gasteiger partial charge in [0.05, 0.1) is 6.61 Å². The molecule has 2 nitrogen and oxygen atoms in total. The fourth-order valence-electron chi connectivity index (χ4n) is 2.22. The van der Waals surface area contributed by atoms with E-state index in [1.54, 1.807) is 0 Å². The minimum atomic E-state index is 0.240. The molecule has 2 rings (SSSR count). The molecule has 2 unspecified atom stereocenters. The molecule has 2 heteroatoms. The van der Waals surface area contributed by atoms with Crippen LogP contribution in [0.2, 0.25) is 0 Å². The maximum absolute atomic E-state index is 9.39. The summed E-state index contributed by atoms with van der Waals surface area (Å²) in [6.45, 7) is 3.55. The van der Waals surface area contributed by atoms with E-state index in [1.165, 1.54) is 18.4 Å². The summed E-state index contributed by atoms with van der Waals surface area (Å²) in [5.74, 6) is 1.37. The highest BCUT2D eigenvalue weighted by molar-refractivity contribution is 5.18. The molecule has 1 saturated carbocycles. The Morgan fingerprint density at radius 2 is 2.00 bits per heavy atom. The second kappa shape index (κ2) is 6.18. The van der Waals surface area contributed by atoms with Gasteiger partial charge in [-0.15, -0.1) is 0 Å². The molecule has 0 radical (unpaired) electrons. The highest BCUT2D eigenvalue weighted by Crippen LogP contribution is 2.28. The van der Waals surface area contributed by atoms with E-state index in [0.29, 0.717) is 5.92 Å². The molecule has 1 aliphatic carbocycles.